The molecule has 3 nitrogen and oxygen atoms in total. The monoisotopic (exact) mass is 189 g/mol. The van der Waals surface area contributed by atoms with Crippen molar-refractivity contribution in [1.29, 1.82) is 5.26 Å². The number of benzene rings is 1. The maximum atomic E-state index is 11.0. The molecule has 0 spiro atoms. The molecular weight excluding hydrogens is 178 g/mol. The van der Waals surface area contributed by atoms with Crippen LogP contribution in [0, 0.1) is 11.3 Å². The van der Waals surface area contributed by atoms with Crippen LogP contribution in [0.5, 0.6) is 5.75 Å². The Morgan fingerprint density at radius 1 is 1.57 bits per heavy atom. The molecule has 0 saturated carbocycles. The van der Waals surface area contributed by atoms with Crippen LogP contribution in [0.4, 0.5) is 0 Å². The minimum Gasteiger partial charge on any atom is -0.492 e. The Bertz CT molecular complexity index is 391. The lowest BCUT2D eigenvalue weighted by atomic mass is 10.1. The van der Waals surface area contributed by atoms with Crippen molar-refractivity contribution in [1.82, 2.24) is 0 Å². The predicted molar refractivity (Wildman–Crippen MR) is 52.3 cm³/mol. The third-order valence-electron chi connectivity index (χ3n) is 1.81. The molecule has 0 saturated heterocycles. The highest BCUT2D eigenvalue weighted by molar-refractivity contribution is 5.94. The lowest BCUT2D eigenvalue weighted by molar-refractivity contribution is 0.101. The molecule has 14 heavy (non-hydrogen) atoms. The van der Waals surface area contributed by atoms with Crippen LogP contribution in [0.3, 0.4) is 0 Å². The molecule has 0 aliphatic heterocycles. The Balaban J connectivity index is 3.13. The van der Waals surface area contributed by atoms with Gasteiger partial charge in [0.2, 0.25) is 0 Å². The zero-order valence-electron chi connectivity index (χ0n) is 8.20. The van der Waals surface area contributed by atoms with Crippen LogP contribution >= 0.6 is 0 Å². The summed E-state index contributed by atoms with van der Waals surface area (Å²) in [5.41, 5.74) is 0.935. The van der Waals surface area contributed by atoms with Crippen molar-refractivity contribution in [3.63, 3.8) is 0 Å². The van der Waals surface area contributed by atoms with Crippen LogP contribution in [0.2, 0.25) is 0 Å². The van der Waals surface area contributed by atoms with Crippen LogP contribution in [0.1, 0.15) is 29.8 Å². The van der Waals surface area contributed by atoms with E-state index in [-0.39, 0.29) is 5.78 Å². The van der Waals surface area contributed by atoms with Gasteiger partial charge in [0.1, 0.15) is 11.8 Å². The molecule has 1 aromatic rings. The van der Waals surface area contributed by atoms with Crippen molar-refractivity contribution in [2.45, 2.75) is 13.8 Å². The molecule has 1 aromatic carbocycles. The third kappa shape index (κ3) is 2.11. The number of Topliss-reactive ketones (excluding diaryl/α,β-unsaturated/α-hetero) is 1. The molecule has 0 amide bonds. The first-order valence-corrected chi connectivity index (χ1v) is 4.37. The molecule has 3 heteroatoms. The Morgan fingerprint density at radius 3 is 2.79 bits per heavy atom. The van der Waals surface area contributed by atoms with Crippen LogP contribution < -0.4 is 4.74 Å². The van der Waals surface area contributed by atoms with E-state index in [1.807, 2.05) is 13.0 Å². The molecule has 0 fully saturated rings. The van der Waals surface area contributed by atoms with E-state index >= 15 is 0 Å². The minimum absolute atomic E-state index is 0.0513. The van der Waals surface area contributed by atoms with Gasteiger partial charge >= 0.3 is 0 Å². The number of nitrogens with zero attached hydrogens (tertiary/aromatic N) is 1. The van der Waals surface area contributed by atoms with E-state index in [0.717, 1.165) is 0 Å². The van der Waals surface area contributed by atoms with Crippen LogP contribution in [-0.4, -0.2) is 12.4 Å². The van der Waals surface area contributed by atoms with Gasteiger partial charge in [0, 0.05) is 5.56 Å². The van der Waals surface area contributed by atoms with Gasteiger partial charge in [0.05, 0.1) is 12.2 Å². The molecule has 0 aliphatic carbocycles. The largest absolute Gasteiger partial charge is 0.492 e. The van der Waals surface area contributed by atoms with Crippen molar-refractivity contribution >= 4 is 5.78 Å². The maximum Gasteiger partial charge on any atom is 0.159 e. The van der Waals surface area contributed by atoms with Crippen molar-refractivity contribution in [3.05, 3.63) is 29.3 Å². The molecule has 0 radical (unpaired) electrons. The first-order chi connectivity index (χ1) is 6.69. The Hall–Kier alpha value is -1.82. The van der Waals surface area contributed by atoms with Crippen LogP contribution in [0.15, 0.2) is 18.2 Å². The highest BCUT2D eigenvalue weighted by Gasteiger charge is 2.06. The SMILES string of the molecule is CCOc1ccc(C(C)=O)cc1C#N. The zero-order valence-corrected chi connectivity index (χ0v) is 8.20. The van der Waals surface area contributed by atoms with E-state index in [2.05, 4.69) is 0 Å². The van der Waals surface area contributed by atoms with Crippen molar-refractivity contribution in [2.24, 2.45) is 0 Å². The first kappa shape index (κ1) is 10.3. The third-order valence-corrected chi connectivity index (χ3v) is 1.81. The highest BCUT2D eigenvalue weighted by atomic mass is 16.5. The second kappa shape index (κ2) is 4.43. The lowest BCUT2D eigenvalue weighted by Crippen LogP contribution is -1.97. The molecular formula is C11H11NO2. The highest BCUT2D eigenvalue weighted by Crippen LogP contribution is 2.19. The number of ether oxygens (including phenoxy) is 1. The summed E-state index contributed by atoms with van der Waals surface area (Å²) in [7, 11) is 0. The summed E-state index contributed by atoms with van der Waals surface area (Å²) in [5, 5.41) is 8.81. The van der Waals surface area contributed by atoms with Gasteiger partial charge < -0.3 is 4.74 Å². The van der Waals surface area contributed by atoms with Gasteiger partial charge in [-0.25, -0.2) is 0 Å². The number of ketones is 1. The molecule has 1 rings (SSSR count). The van der Waals surface area contributed by atoms with Gasteiger partial charge in [-0.2, -0.15) is 5.26 Å². The number of hydrogen-bond donors (Lipinski definition) is 0. The molecule has 0 aromatic heterocycles. The van der Waals surface area contributed by atoms with Crippen LogP contribution in [0.25, 0.3) is 0 Å². The van der Waals surface area contributed by atoms with Gasteiger partial charge in [-0.3, -0.25) is 4.79 Å². The molecule has 0 atom stereocenters. The van der Waals surface area contributed by atoms with E-state index in [0.29, 0.717) is 23.5 Å². The van der Waals surface area contributed by atoms with Gasteiger partial charge in [0.25, 0.3) is 0 Å². The fraction of sp³-hybridized carbons (Fsp3) is 0.273. The number of nitriles is 1. The zero-order chi connectivity index (χ0) is 10.6. The smallest absolute Gasteiger partial charge is 0.159 e. The average molecular weight is 189 g/mol. The van der Waals surface area contributed by atoms with Gasteiger partial charge in [-0.05, 0) is 32.0 Å². The normalized spacial score (nSPS) is 9.21. The number of carbonyl (C=O) groups excluding carboxylic acids is 1. The van der Waals surface area contributed by atoms with E-state index < -0.39 is 0 Å². The summed E-state index contributed by atoms with van der Waals surface area (Å²) in [6.45, 7) is 3.82. The van der Waals surface area contributed by atoms with Crippen molar-refractivity contribution in [3.8, 4) is 11.8 Å². The standard InChI is InChI=1S/C11H11NO2/c1-3-14-11-5-4-9(8(2)13)6-10(11)7-12/h4-6H,3H2,1-2H3. The lowest BCUT2D eigenvalue weighted by Gasteiger charge is -2.05. The molecule has 0 aliphatic rings. The summed E-state index contributed by atoms with van der Waals surface area (Å²) in [4.78, 5) is 11.0. The number of carbonyl (C=O) groups is 1. The maximum absolute atomic E-state index is 11.0. The van der Waals surface area contributed by atoms with Crippen molar-refractivity contribution in [2.75, 3.05) is 6.61 Å². The summed E-state index contributed by atoms with van der Waals surface area (Å²) < 4.78 is 5.23. The Morgan fingerprint density at radius 2 is 2.29 bits per heavy atom. The van der Waals surface area contributed by atoms with Crippen LogP contribution in [-0.2, 0) is 0 Å². The second-order valence-corrected chi connectivity index (χ2v) is 2.81. The summed E-state index contributed by atoms with van der Waals surface area (Å²) in [5.74, 6) is 0.476. The number of rotatable bonds is 3. The Labute approximate surface area is 82.9 Å². The topological polar surface area (TPSA) is 50.1 Å². The molecule has 0 bridgehead atoms. The quantitative estimate of drug-likeness (QED) is 0.684. The molecule has 0 unspecified atom stereocenters. The summed E-state index contributed by atoms with van der Waals surface area (Å²) in [6, 6.07) is 6.86. The average Bonchev–Trinajstić information content (AvgIpc) is 2.18. The predicted octanol–water partition coefficient (Wildman–Crippen LogP) is 2.16. The van der Waals surface area contributed by atoms with Gasteiger partial charge in [-0.1, -0.05) is 0 Å². The van der Waals surface area contributed by atoms with E-state index in [4.69, 9.17) is 10.00 Å². The molecule has 72 valence electrons. The minimum atomic E-state index is -0.0513. The fourth-order valence-electron chi connectivity index (χ4n) is 1.12. The van der Waals surface area contributed by atoms with E-state index in [9.17, 15) is 4.79 Å². The summed E-state index contributed by atoms with van der Waals surface area (Å²) in [6.07, 6.45) is 0. The van der Waals surface area contributed by atoms with Gasteiger partial charge in [-0.15, -0.1) is 0 Å². The van der Waals surface area contributed by atoms with Crippen molar-refractivity contribution < 1.29 is 9.53 Å². The first-order valence-electron chi connectivity index (χ1n) is 4.37. The van der Waals surface area contributed by atoms with E-state index in [1.54, 1.807) is 18.2 Å². The van der Waals surface area contributed by atoms with Gasteiger partial charge in [0.15, 0.2) is 5.78 Å². The Kier molecular flexibility index (Phi) is 3.24. The number of hydrogen-bond acceptors (Lipinski definition) is 3. The molecule has 0 heterocycles. The summed E-state index contributed by atoms with van der Waals surface area (Å²) >= 11 is 0. The molecule has 0 N–H and O–H groups in total. The second-order valence-electron chi connectivity index (χ2n) is 2.81. The van der Waals surface area contributed by atoms with E-state index in [1.165, 1.54) is 6.92 Å². The fourth-order valence-corrected chi connectivity index (χ4v) is 1.12.